The van der Waals surface area contributed by atoms with Crippen LogP contribution in [0.5, 0.6) is 0 Å². The molecular weight excluding hydrogens is 454 g/mol. The third-order valence-corrected chi connectivity index (χ3v) is 8.20. The zero-order valence-corrected chi connectivity index (χ0v) is 21.3. The van der Waals surface area contributed by atoms with Gasteiger partial charge in [0.25, 0.3) is 0 Å². The lowest BCUT2D eigenvalue weighted by molar-refractivity contribution is 0.194. The number of nitrogens with zero attached hydrogens (tertiary/aromatic N) is 1. The predicted octanol–water partition coefficient (Wildman–Crippen LogP) is 6.40. The lowest BCUT2D eigenvalue weighted by Crippen LogP contribution is -2.39. The third kappa shape index (κ3) is 5.35. The van der Waals surface area contributed by atoms with Crippen molar-refractivity contribution >= 4 is 20.8 Å². The molecule has 0 N–H and O–H groups in total. The van der Waals surface area contributed by atoms with Crippen molar-refractivity contribution in [3.63, 3.8) is 0 Å². The van der Waals surface area contributed by atoms with Gasteiger partial charge in [-0.25, -0.2) is 8.42 Å². The highest BCUT2D eigenvalue weighted by Gasteiger charge is 2.36. The summed E-state index contributed by atoms with van der Waals surface area (Å²) in [6.07, 6.45) is 2.59. The molecule has 2 atom stereocenters. The van der Waals surface area contributed by atoms with Gasteiger partial charge in [0.15, 0.2) is 0 Å². The molecule has 0 aliphatic carbocycles. The van der Waals surface area contributed by atoms with Crippen LogP contribution in [0, 0.1) is 24.7 Å². The molecule has 5 heteroatoms. The van der Waals surface area contributed by atoms with Crippen LogP contribution in [0.2, 0.25) is 0 Å². The summed E-state index contributed by atoms with van der Waals surface area (Å²) in [6.45, 7) is 10.4. The van der Waals surface area contributed by atoms with Gasteiger partial charge < -0.3 is 4.74 Å². The van der Waals surface area contributed by atoms with Crippen LogP contribution in [0.15, 0.2) is 95.6 Å². The van der Waals surface area contributed by atoms with Gasteiger partial charge in [0.2, 0.25) is 10.0 Å². The number of fused-ring (bicyclic) bond motifs is 1. The standard InChI is InChI=1S/C30H31NO3S/c1-5-9-23(3)21-34-24(4)26-16-19-30(29-13-8-11-25-10-6-7-12-28(25)29)31(20-26)35(32,33)27-17-14-22(2)15-18-27/h6-8,10-18,23,30H,4,19-21H2,1-3H3. The van der Waals surface area contributed by atoms with E-state index in [4.69, 9.17) is 4.74 Å². The summed E-state index contributed by atoms with van der Waals surface area (Å²) >= 11 is 0. The third-order valence-electron chi connectivity index (χ3n) is 6.33. The van der Waals surface area contributed by atoms with Crippen molar-refractivity contribution < 1.29 is 13.2 Å². The van der Waals surface area contributed by atoms with Crippen molar-refractivity contribution in [3.8, 4) is 11.8 Å². The molecule has 1 aliphatic rings. The molecular formula is C30H31NO3S. The summed E-state index contributed by atoms with van der Waals surface area (Å²) in [5.41, 5.74) is 2.79. The highest BCUT2D eigenvalue weighted by Crippen LogP contribution is 2.39. The number of hydrogen-bond donors (Lipinski definition) is 0. The fourth-order valence-electron chi connectivity index (χ4n) is 4.44. The summed E-state index contributed by atoms with van der Waals surface area (Å²) in [5.74, 6) is 6.53. The molecule has 3 aromatic carbocycles. The zero-order chi connectivity index (χ0) is 25.0. The lowest BCUT2D eigenvalue weighted by atomic mass is 9.93. The molecule has 0 aromatic heterocycles. The number of rotatable bonds is 7. The first-order valence-corrected chi connectivity index (χ1v) is 13.2. The van der Waals surface area contributed by atoms with Gasteiger partial charge in [0.05, 0.1) is 16.9 Å². The van der Waals surface area contributed by atoms with Gasteiger partial charge in [-0.2, -0.15) is 4.31 Å². The van der Waals surface area contributed by atoms with Crippen LogP contribution in [0.4, 0.5) is 0 Å². The molecule has 180 valence electrons. The Hall–Kier alpha value is -3.33. The van der Waals surface area contributed by atoms with Crippen LogP contribution >= 0.6 is 0 Å². The molecule has 4 nitrogen and oxygen atoms in total. The summed E-state index contributed by atoms with van der Waals surface area (Å²) in [4.78, 5) is 0.285. The first-order valence-electron chi connectivity index (χ1n) is 11.8. The van der Waals surface area contributed by atoms with Crippen molar-refractivity contribution in [2.75, 3.05) is 13.2 Å². The predicted molar refractivity (Wildman–Crippen MR) is 142 cm³/mol. The van der Waals surface area contributed by atoms with Crippen molar-refractivity contribution in [1.29, 1.82) is 0 Å². The Bertz CT molecular complexity index is 1420. The van der Waals surface area contributed by atoms with Crippen LogP contribution < -0.4 is 0 Å². The van der Waals surface area contributed by atoms with E-state index in [1.54, 1.807) is 23.4 Å². The molecule has 35 heavy (non-hydrogen) atoms. The van der Waals surface area contributed by atoms with E-state index in [-0.39, 0.29) is 23.4 Å². The molecule has 0 saturated heterocycles. The van der Waals surface area contributed by atoms with Gasteiger partial charge >= 0.3 is 0 Å². The van der Waals surface area contributed by atoms with Crippen LogP contribution in [0.3, 0.4) is 0 Å². The molecule has 3 aromatic rings. The summed E-state index contributed by atoms with van der Waals surface area (Å²) in [7, 11) is -3.78. The average molecular weight is 486 g/mol. The Kier molecular flexibility index (Phi) is 7.45. The SMILES string of the molecule is C=C(OCC(C)C#CC)C1=CCC(c2cccc3ccccc23)N(S(=O)(=O)c2ccc(C)cc2)C1. The molecule has 0 radical (unpaired) electrons. The van der Waals surface area contributed by atoms with Gasteiger partial charge in [0, 0.05) is 12.1 Å². The molecule has 1 heterocycles. The smallest absolute Gasteiger partial charge is 0.243 e. The van der Waals surface area contributed by atoms with E-state index < -0.39 is 10.0 Å². The number of ether oxygens (including phenoxy) is 1. The summed E-state index contributed by atoms with van der Waals surface area (Å²) in [5, 5.41) is 2.15. The molecule has 1 aliphatic heterocycles. The maximum atomic E-state index is 13.9. The van der Waals surface area contributed by atoms with Crippen molar-refractivity contribution in [2.45, 2.75) is 38.1 Å². The monoisotopic (exact) mass is 485 g/mol. The van der Waals surface area contributed by atoms with Gasteiger partial charge in [-0.3, -0.25) is 0 Å². The number of benzene rings is 3. The minimum Gasteiger partial charge on any atom is -0.493 e. The van der Waals surface area contributed by atoms with Gasteiger partial charge in [-0.05, 0) is 55.7 Å². The Balaban J connectivity index is 1.73. The Morgan fingerprint density at radius 2 is 1.83 bits per heavy atom. The van der Waals surface area contributed by atoms with Crippen molar-refractivity contribution in [2.24, 2.45) is 5.92 Å². The topological polar surface area (TPSA) is 46.6 Å². The molecule has 0 fully saturated rings. The lowest BCUT2D eigenvalue weighted by Gasteiger charge is -2.35. The first-order chi connectivity index (χ1) is 16.8. The molecule has 2 unspecified atom stereocenters. The zero-order valence-electron chi connectivity index (χ0n) is 20.5. The molecule has 4 rings (SSSR count). The average Bonchev–Trinajstić information content (AvgIpc) is 2.87. The number of sulfonamides is 1. The van der Waals surface area contributed by atoms with Crippen LogP contribution in [0.1, 0.15) is 37.4 Å². The Morgan fingerprint density at radius 1 is 1.11 bits per heavy atom. The van der Waals surface area contributed by atoms with Crippen LogP contribution in [-0.2, 0) is 14.8 Å². The quantitative estimate of drug-likeness (QED) is 0.287. The first kappa shape index (κ1) is 24.8. The van der Waals surface area contributed by atoms with E-state index in [0.29, 0.717) is 18.8 Å². The molecule has 0 spiro atoms. The number of aryl methyl sites for hydroxylation is 1. The second kappa shape index (κ2) is 10.5. The molecule has 0 amide bonds. The summed E-state index contributed by atoms with van der Waals surface area (Å²) < 4.78 is 35.4. The van der Waals surface area contributed by atoms with E-state index >= 15 is 0 Å². The van der Waals surface area contributed by atoms with E-state index in [9.17, 15) is 8.42 Å². The van der Waals surface area contributed by atoms with Crippen molar-refractivity contribution in [3.05, 3.63) is 102 Å². The van der Waals surface area contributed by atoms with Crippen LogP contribution in [-0.4, -0.2) is 25.9 Å². The maximum Gasteiger partial charge on any atom is 0.243 e. The second-order valence-corrected chi connectivity index (χ2v) is 10.8. The normalized spacial score (nSPS) is 17.2. The molecule has 0 bridgehead atoms. The minimum atomic E-state index is -3.78. The van der Waals surface area contributed by atoms with E-state index in [2.05, 4.69) is 42.7 Å². The Labute approximate surface area is 209 Å². The number of hydrogen-bond acceptors (Lipinski definition) is 3. The van der Waals surface area contributed by atoms with Crippen molar-refractivity contribution in [1.82, 2.24) is 4.31 Å². The maximum absolute atomic E-state index is 13.9. The fourth-order valence-corrected chi connectivity index (χ4v) is 6.04. The molecule has 0 saturated carbocycles. The van der Waals surface area contributed by atoms with E-state index in [0.717, 1.165) is 27.5 Å². The van der Waals surface area contributed by atoms with Gasteiger partial charge in [-0.1, -0.05) is 78.7 Å². The van der Waals surface area contributed by atoms with Gasteiger partial charge in [0.1, 0.15) is 12.4 Å². The highest BCUT2D eigenvalue weighted by atomic mass is 32.2. The van der Waals surface area contributed by atoms with E-state index in [1.807, 2.05) is 50.2 Å². The van der Waals surface area contributed by atoms with Gasteiger partial charge in [-0.15, -0.1) is 5.92 Å². The fraction of sp³-hybridized carbons (Fsp3) is 0.267. The summed E-state index contributed by atoms with van der Waals surface area (Å²) in [6, 6.07) is 20.9. The van der Waals surface area contributed by atoms with Crippen LogP contribution in [0.25, 0.3) is 10.8 Å². The second-order valence-electron chi connectivity index (χ2n) is 8.94. The Morgan fingerprint density at radius 3 is 2.57 bits per heavy atom. The minimum absolute atomic E-state index is 0.0665. The largest absolute Gasteiger partial charge is 0.493 e. The van der Waals surface area contributed by atoms with E-state index in [1.165, 1.54) is 0 Å². The highest BCUT2D eigenvalue weighted by molar-refractivity contribution is 7.89.